The molecule has 1 aromatic carbocycles. The van der Waals surface area contributed by atoms with E-state index in [9.17, 15) is 4.79 Å². The first-order valence-corrected chi connectivity index (χ1v) is 14.1. The fraction of sp³-hybridized carbons (Fsp3) is 0.419. The first kappa shape index (κ1) is 27.6. The number of pyridine rings is 1. The molecule has 1 fully saturated rings. The molecule has 1 aliphatic heterocycles. The van der Waals surface area contributed by atoms with Crippen LogP contribution in [0.2, 0.25) is 0 Å². The number of carbonyl (C=O) groups is 1. The number of nitrogens with one attached hydrogen (secondary N) is 2. The fourth-order valence-electron chi connectivity index (χ4n) is 5.42. The number of benzene rings is 1. The van der Waals surface area contributed by atoms with Crippen LogP contribution in [0.5, 0.6) is 0 Å². The molecule has 9 nitrogen and oxygen atoms in total. The molecule has 0 unspecified atom stereocenters. The number of likely N-dealkylation sites (tertiary alicyclic amines) is 1. The monoisotopic (exact) mass is 538 g/mol. The van der Waals surface area contributed by atoms with Crippen molar-refractivity contribution in [3.63, 3.8) is 0 Å². The number of rotatable bonds is 9. The zero-order valence-electron chi connectivity index (χ0n) is 23.8. The van der Waals surface area contributed by atoms with Gasteiger partial charge in [-0.1, -0.05) is 32.0 Å². The van der Waals surface area contributed by atoms with Gasteiger partial charge in [-0.25, -0.2) is 19.9 Å². The van der Waals surface area contributed by atoms with E-state index in [1.165, 1.54) is 12.8 Å². The Morgan fingerprint density at radius 3 is 2.58 bits per heavy atom. The van der Waals surface area contributed by atoms with Crippen LogP contribution in [-0.2, 0) is 11.8 Å². The standard InChI is InChI=1S/C31H38N8O/c1-5-31(2,25-8-6-7-23-24(30(40)32-3)9-12-33-29(23)25)19-36-28-16-26(37-20-38-28)22-17-34-27(35-18-22)15-21-10-13-39(4)14-11-21/h6-9,12,16-18,20-21H,5,10-11,13-15,19H2,1-4H3,(H,32,40)(H,36,37,38)/t31-/m1/s1. The number of nitrogens with zero attached hydrogens (tertiary/aromatic N) is 6. The first-order chi connectivity index (χ1) is 19.4. The molecule has 3 aromatic heterocycles. The van der Waals surface area contributed by atoms with Crippen molar-refractivity contribution in [3.8, 4) is 11.3 Å². The van der Waals surface area contributed by atoms with Crippen molar-refractivity contribution in [2.24, 2.45) is 5.92 Å². The molecule has 0 aliphatic carbocycles. The van der Waals surface area contributed by atoms with Crippen LogP contribution >= 0.6 is 0 Å². The third-order valence-electron chi connectivity index (χ3n) is 8.31. The quantitative estimate of drug-likeness (QED) is 0.321. The largest absolute Gasteiger partial charge is 0.369 e. The van der Waals surface area contributed by atoms with Crippen LogP contribution in [0.3, 0.4) is 0 Å². The van der Waals surface area contributed by atoms with Gasteiger partial charge in [-0.2, -0.15) is 0 Å². The van der Waals surface area contributed by atoms with Crippen LogP contribution in [0.15, 0.2) is 55.2 Å². The zero-order valence-corrected chi connectivity index (χ0v) is 23.8. The van der Waals surface area contributed by atoms with E-state index in [1.54, 1.807) is 25.6 Å². The molecular formula is C31H38N8O. The minimum Gasteiger partial charge on any atom is -0.369 e. The predicted octanol–water partition coefficient (Wildman–Crippen LogP) is 4.51. The van der Waals surface area contributed by atoms with E-state index in [0.717, 1.165) is 65.3 Å². The molecule has 1 atom stereocenters. The summed E-state index contributed by atoms with van der Waals surface area (Å²) in [5.41, 5.74) is 3.96. The van der Waals surface area contributed by atoms with Crippen molar-refractivity contribution in [2.45, 2.75) is 44.9 Å². The summed E-state index contributed by atoms with van der Waals surface area (Å²) in [4.78, 5) is 37.8. The van der Waals surface area contributed by atoms with Gasteiger partial charge in [0.1, 0.15) is 18.0 Å². The second-order valence-electron chi connectivity index (χ2n) is 11.0. The number of hydrogen-bond donors (Lipinski definition) is 2. The third-order valence-corrected chi connectivity index (χ3v) is 8.31. The average molecular weight is 539 g/mol. The summed E-state index contributed by atoms with van der Waals surface area (Å²) in [6.07, 6.45) is 11.2. The van der Waals surface area contributed by atoms with E-state index < -0.39 is 0 Å². The third kappa shape index (κ3) is 5.94. The molecule has 5 rings (SSSR count). The minimum absolute atomic E-state index is 0.117. The van der Waals surface area contributed by atoms with E-state index in [-0.39, 0.29) is 11.3 Å². The SMILES string of the molecule is CC[C@](C)(CNc1cc(-c2cnc(CC3CCN(C)CC3)nc2)ncn1)c1cccc2c(C(=O)NC)ccnc12. The number of aromatic nitrogens is 5. The van der Waals surface area contributed by atoms with Gasteiger partial charge in [0.25, 0.3) is 5.91 Å². The molecule has 4 aromatic rings. The van der Waals surface area contributed by atoms with Gasteiger partial charge in [-0.3, -0.25) is 9.78 Å². The Kier molecular flexibility index (Phi) is 8.30. The molecule has 4 heterocycles. The second kappa shape index (κ2) is 12.0. The summed E-state index contributed by atoms with van der Waals surface area (Å²) in [5.74, 6) is 2.16. The number of fused-ring (bicyclic) bond motifs is 1. The number of para-hydroxylation sites is 1. The van der Waals surface area contributed by atoms with Gasteiger partial charge < -0.3 is 15.5 Å². The normalized spacial score (nSPS) is 16.0. The van der Waals surface area contributed by atoms with E-state index in [4.69, 9.17) is 0 Å². The number of amides is 1. The molecule has 1 saturated heterocycles. The second-order valence-corrected chi connectivity index (χ2v) is 11.0. The van der Waals surface area contributed by atoms with Crippen molar-refractivity contribution in [1.82, 2.24) is 35.1 Å². The lowest BCUT2D eigenvalue weighted by Crippen LogP contribution is -2.31. The summed E-state index contributed by atoms with van der Waals surface area (Å²) in [6.45, 7) is 7.30. The van der Waals surface area contributed by atoms with Gasteiger partial charge in [-0.15, -0.1) is 0 Å². The number of hydrogen-bond acceptors (Lipinski definition) is 8. The van der Waals surface area contributed by atoms with Crippen LogP contribution < -0.4 is 10.6 Å². The summed E-state index contributed by atoms with van der Waals surface area (Å²) in [5, 5.41) is 7.10. The Balaban J connectivity index is 1.31. The number of piperidine rings is 1. The van der Waals surface area contributed by atoms with Gasteiger partial charge in [0, 0.05) is 61.0 Å². The van der Waals surface area contributed by atoms with Crippen LogP contribution in [0.1, 0.15) is 54.9 Å². The highest BCUT2D eigenvalue weighted by molar-refractivity contribution is 6.06. The lowest BCUT2D eigenvalue weighted by molar-refractivity contribution is 0.0964. The first-order valence-electron chi connectivity index (χ1n) is 14.1. The van der Waals surface area contributed by atoms with Crippen LogP contribution in [0.25, 0.3) is 22.2 Å². The van der Waals surface area contributed by atoms with E-state index in [2.05, 4.69) is 67.4 Å². The molecule has 0 saturated carbocycles. The summed E-state index contributed by atoms with van der Waals surface area (Å²) in [7, 11) is 3.82. The van der Waals surface area contributed by atoms with Gasteiger partial charge in [-0.05, 0) is 56.9 Å². The lowest BCUT2D eigenvalue weighted by Gasteiger charge is -2.30. The Morgan fingerprint density at radius 1 is 1.07 bits per heavy atom. The smallest absolute Gasteiger partial charge is 0.251 e. The Morgan fingerprint density at radius 2 is 1.85 bits per heavy atom. The highest BCUT2D eigenvalue weighted by Crippen LogP contribution is 2.34. The maximum Gasteiger partial charge on any atom is 0.251 e. The highest BCUT2D eigenvalue weighted by Gasteiger charge is 2.28. The maximum atomic E-state index is 12.5. The van der Waals surface area contributed by atoms with Crippen molar-refractivity contribution in [2.75, 3.05) is 39.0 Å². The molecule has 2 N–H and O–H groups in total. The van der Waals surface area contributed by atoms with Crippen LogP contribution in [0, 0.1) is 5.92 Å². The minimum atomic E-state index is -0.252. The van der Waals surface area contributed by atoms with Crippen molar-refractivity contribution in [3.05, 3.63) is 72.2 Å². The summed E-state index contributed by atoms with van der Waals surface area (Å²) in [6, 6.07) is 9.76. The number of carbonyl (C=O) groups excluding carboxylic acids is 1. The fourth-order valence-corrected chi connectivity index (χ4v) is 5.42. The Hall–Kier alpha value is -3.98. The lowest BCUT2D eigenvalue weighted by atomic mass is 9.78. The maximum absolute atomic E-state index is 12.5. The molecule has 1 aliphatic rings. The van der Waals surface area contributed by atoms with E-state index >= 15 is 0 Å². The topological polar surface area (TPSA) is 109 Å². The van der Waals surface area contributed by atoms with E-state index in [0.29, 0.717) is 18.0 Å². The summed E-state index contributed by atoms with van der Waals surface area (Å²) < 4.78 is 0. The molecule has 0 bridgehead atoms. The van der Waals surface area contributed by atoms with Crippen molar-refractivity contribution in [1.29, 1.82) is 0 Å². The van der Waals surface area contributed by atoms with Crippen LogP contribution in [0.4, 0.5) is 5.82 Å². The molecule has 1 amide bonds. The average Bonchev–Trinajstić information content (AvgIpc) is 3.00. The van der Waals surface area contributed by atoms with Gasteiger partial charge >= 0.3 is 0 Å². The molecule has 40 heavy (non-hydrogen) atoms. The molecule has 0 radical (unpaired) electrons. The Bertz CT molecular complexity index is 1470. The van der Waals surface area contributed by atoms with Crippen molar-refractivity contribution < 1.29 is 4.79 Å². The predicted molar refractivity (Wildman–Crippen MR) is 158 cm³/mol. The molecule has 0 spiro atoms. The highest BCUT2D eigenvalue weighted by atomic mass is 16.1. The molecular weight excluding hydrogens is 500 g/mol. The summed E-state index contributed by atoms with van der Waals surface area (Å²) >= 11 is 0. The van der Waals surface area contributed by atoms with E-state index in [1.807, 2.05) is 30.6 Å². The number of anilines is 1. The van der Waals surface area contributed by atoms with Gasteiger partial charge in [0.05, 0.1) is 16.8 Å². The van der Waals surface area contributed by atoms with Crippen molar-refractivity contribution >= 4 is 22.6 Å². The molecule has 208 valence electrons. The van der Waals surface area contributed by atoms with Gasteiger partial charge in [0.15, 0.2) is 0 Å². The molecule has 9 heteroatoms. The van der Waals surface area contributed by atoms with Crippen LogP contribution in [-0.4, -0.2) is 69.5 Å². The Labute approximate surface area is 235 Å². The zero-order chi connectivity index (χ0) is 28.1. The van der Waals surface area contributed by atoms with Gasteiger partial charge in [0.2, 0.25) is 0 Å².